The maximum atomic E-state index is 11.5. The van der Waals surface area contributed by atoms with Crippen LogP contribution in [0.15, 0.2) is 28.9 Å². The monoisotopic (exact) mass is 281 g/mol. The molecule has 0 unspecified atom stereocenters. The van der Waals surface area contributed by atoms with E-state index in [2.05, 4.69) is 20.1 Å². The molecular weight excluding hydrogens is 270 g/mol. The minimum Gasteiger partial charge on any atom is -0.499 e. The van der Waals surface area contributed by atoms with Crippen molar-refractivity contribution in [1.82, 2.24) is 19.5 Å². The van der Waals surface area contributed by atoms with Crippen LogP contribution >= 0.6 is 0 Å². The van der Waals surface area contributed by atoms with Gasteiger partial charge >= 0.3 is 0 Å². The van der Waals surface area contributed by atoms with Crippen LogP contribution in [0.1, 0.15) is 0 Å². The number of imidazole rings is 1. The highest BCUT2D eigenvalue weighted by Gasteiger charge is 2.16. The smallest absolute Gasteiger partial charge is 0.278 e. The van der Waals surface area contributed by atoms with Crippen molar-refractivity contribution in [3.63, 3.8) is 0 Å². The molecule has 0 amide bonds. The summed E-state index contributed by atoms with van der Waals surface area (Å²) < 4.78 is 11.3. The predicted octanol–water partition coefficient (Wildman–Crippen LogP) is -0.377. The molecule has 0 fully saturated rings. The second-order valence-corrected chi connectivity index (χ2v) is 3.57. The Balaban J connectivity index is 2.47. The summed E-state index contributed by atoms with van der Waals surface area (Å²) in [5.74, 6) is 0.00625. The van der Waals surface area contributed by atoms with Gasteiger partial charge in [-0.1, -0.05) is 0 Å². The SMILES string of the molecule is CO/C=C(/O[C@H](CO)N=O)n1cnc2c(=O)[nH]cnc21. The van der Waals surface area contributed by atoms with E-state index in [9.17, 15) is 9.70 Å². The zero-order valence-corrected chi connectivity index (χ0v) is 10.4. The van der Waals surface area contributed by atoms with Crippen LogP contribution in [0.2, 0.25) is 0 Å². The number of aliphatic hydroxyl groups excluding tert-OH is 1. The number of rotatable bonds is 6. The summed E-state index contributed by atoms with van der Waals surface area (Å²) in [4.78, 5) is 32.2. The van der Waals surface area contributed by atoms with Gasteiger partial charge in [-0.15, -0.1) is 4.91 Å². The molecule has 106 valence electrons. The van der Waals surface area contributed by atoms with Gasteiger partial charge in [-0.25, -0.2) is 9.97 Å². The normalized spacial score (nSPS) is 13.2. The Morgan fingerprint density at radius 3 is 3.10 bits per heavy atom. The number of hydrogen-bond acceptors (Lipinski definition) is 8. The maximum Gasteiger partial charge on any atom is 0.278 e. The van der Waals surface area contributed by atoms with Gasteiger partial charge in [-0.3, -0.25) is 9.36 Å². The standard InChI is InChI=1S/C10H11N5O5/c1-19-3-7(20-6(2-16)14-18)15-5-13-8-9(15)11-4-12-10(8)17/h3-6,16H,2H2,1H3,(H,11,12,17)/b7-3+/t6-/m1/s1. The first-order valence-corrected chi connectivity index (χ1v) is 5.45. The molecule has 0 aliphatic rings. The van der Waals surface area contributed by atoms with Crippen LogP contribution in [0.3, 0.4) is 0 Å². The van der Waals surface area contributed by atoms with Gasteiger partial charge in [-0.2, -0.15) is 0 Å². The van der Waals surface area contributed by atoms with E-state index in [4.69, 9.17) is 14.6 Å². The van der Waals surface area contributed by atoms with E-state index in [1.807, 2.05) is 0 Å². The minimum absolute atomic E-state index is 0.00625. The second kappa shape index (κ2) is 5.93. The first kappa shape index (κ1) is 13.7. The van der Waals surface area contributed by atoms with E-state index >= 15 is 0 Å². The molecule has 0 saturated heterocycles. The van der Waals surface area contributed by atoms with Crippen LogP contribution in [0.4, 0.5) is 0 Å². The van der Waals surface area contributed by atoms with Crippen molar-refractivity contribution < 1.29 is 14.6 Å². The molecule has 0 aromatic carbocycles. The average molecular weight is 281 g/mol. The first-order valence-electron chi connectivity index (χ1n) is 5.45. The van der Waals surface area contributed by atoms with Gasteiger partial charge in [-0.05, 0) is 5.18 Å². The summed E-state index contributed by atoms with van der Waals surface area (Å²) in [6.45, 7) is -0.606. The van der Waals surface area contributed by atoms with Crippen molar-refractivity contribution in [2.45, 2.75) is 6.23 Å². The van der Waals surface area contributed by atoms with Crippen LogP contribution in [-0.4, -0.2) is 44.6 Å². The van der Waals surface area contributed by atoms with Crippen molar-refractivity contribution in [3.8, 4) is 0 Å². The summed E-state index contributed by atoms with van der Waals surface area (Å²) >= 11 is 0. The quantitative estimate of drug-likeness (QED) is 0.545. The zero-order chi connectivity index (χ0) is 14.5. The number of ether oxygens (including phenoxy) is 2. The summed E-state index contributed by atoms with van der Waals surface area (Å²) in [5, 5.41) is 11.5. The number of nitrogens with zero attached hydrogens (tertiary/aromatic N) is 4. The number of aliphatic hydroxyl groups is 1. The van der Waals surface area contributed by atoms with Crippen molar-refractivity contribution in [2.24, 2.45) is 5.18 Å². The molecule has 2 N–H and O–H groups in total. The first-order chi connectivity index (χ1) is 9.71. The molecule has 2 aromatic heterocycles. The highest BCUT2D eigenvalue weighted by molar-refractivity contribution is 5.72. The van der Waals surface area contributed by atoms with Gasteiger partial charge in [0.25, 0.3) is 11.8 Å². The Hall–Kier alpha value is -2.75. The van der Waals surface area contributed by atoms with Gasteiger partial charge in [0, 0.05) is 0 Å². The highest BCUT2D eigenvalue weighted by Crippen LogP contribution is 2.15. The van der Waals surface area contributed by atoms with E-state index in [1.54, 1.807) is 0 Å². The van der Waals surface area contributed by atoms with Crippen LogP contribution in [0.5, 0.6) is 0 Å². The number of aromatic nitrogens is 4. The molecule has 10 heteroatoms. The molecule has 20 heavy (non-hydrogen) atoms. The summed E-state index contributed by atoms with van der Waals surface area (Å²) in [7, 11) is 1.37. The van der Waals surface area contributed by atoms with E-state index in [1.165, 1.54) is 24.3 Å². The molecule has 0 aliphatic heterocycles. The molecule has 2 heterocycles. The third-order valence-corrected chi connectivity index (χ3v) is 2.33. The Labute approximate surface area is 111 Å². The maximum absolute atomic E-state index is 11.5. The van der Waals surface area contributed by atoms with E-state index < -0.39 is 18.4 Å². The van der Waals surface area contributed by atoms with E-state index in [-0.39, 0.29) is 17.0 Å². The third kappa shape index (κ3) is 2.49. The van der Waals surface area contributed by atoms with Crippen LogP contribution in [0.25, 0.3) is 17.0 Å². The number of nitroso groups, excluding NO2 is 1. The zero-order valence-electron chi connectivity index (χ0n) is 10.4. The Kier molecular flexibility index (Phi) is 4.05. The van der Waals surface area contributed by atoms with Gasteiger partial charge < -0.3 is 19.6 Å². The lowest BCUT2D eigenvalue weighted by Gasteiger charge is -2.13. The van der Waals surface area contributed by atoms with Gasteiger partial charge in [0.1, 0.15) is 19.2 Å². The number of nitrogens with one attached hydrogen (secondary N) is 1. The number of H-pyrrole nitrogens is 1. The molecule has 0 radical (unpaired) electrons. The number of aromatic amines is 1. The van der Waals surface area contributed by atoms with Crippen molar-refractivity contribution in [1.29, 1.82) is 0 Å². The largest absolute Gasteiger partial charge is 0.499 e. The molecule has 0 saturated carbocycles. The number of fused-ring (bicyclic) bond motifs is 1. The van der Waals surface area contributed by atoms with Crippen molar-refractivity contribution in [3.05, 3.63) is 34.2 Å². The number of hydrogen-bond donors (Lipinski definition) is 2. The molecular formula is C10H11N5O5. The summed E-state index contributed by atoms with van der Waals surface area (Å²) in [6.07, 6.45) is 2.33. The molecule has 1 atom stereocenters. The van der Waals surface area contributed by atoms with E-state index in [0.29, 0.717) is 0 Å². The Morgan fingerprint density at radius 1 is 1.65 bits per heavy atom. The summed E-state index contributed by atoms with van der Waals surface area (Å²) in [5.41, 5.74) is -0.116. The third-order valence-electron chi connectivity index (χ3n) is 2.33. The predicted molar refractivity (Wildman–Crippen MR) is 67.2 cm³/mol. The van der Waals surface area contributed by atoms with Crippen LogP contribution in [0, 0.1) is 4.91 Å². The highest BCUT2D eigenvalue weighted by atomic mass is 16.6. The lowest BCUT2D eigenvalue weighted by molar-refractivity contribution is 0.0868. The fourth-order valence-corrected chi connectivity index (χ4v) is 1.48. The molecule has 0 aliphatic carbocycles. The number of methoxy groups -OCH3 is 1. The average Bonchev–Trinajstić information content (AvgIpc) is 2.89. The molecule has 0 spiro atoms. The van der Waals surface area contributed by atoms with Crippen LogP contribution in [-0.2, 0) is 9.47 Å². The van der Waals surface area contributed by atoms with Crippen molar-refractivity contribution >= 4 is 17.0 Å². The van der Waals surface area contributed by atoms with Gasteiger partial charge in [0.15, 0.2) is 11.2 Å². The lowest BCUT2D eigenvalue weighted by atomic mass is 10.5. The molecule has 2 rings (SSSR count). The Bertz CT molecular complexity index is 691. The lowest BCUT2D eigenvalue weighted by Crippen LogP contribution is -2.16. The molecule has 2 aromatic rings. The fourth-order valence-electron chi connectivity index (χ4n) is 1.48. The topological polar surface area (TPSA) is 132 Å². The Morgan fingerprint density at radius 2 is 2.45 bits per heavy atom. The fraction of sp³-hybridized carbons (Fsp3) is 0.300. The second-order valence-electron chi connectivity index (χ2n) is 3.57. The van der Waals surface area contributed by atoms with Crippen molar-refractivity contribution in [2.75, 3.05) is 13.7 Å². The van der Waals surface area contributed by atoms with Gasteiger partial charge in [0.2, 0.25) is 5.88 Å². The van der Waals surface area contributed by atoms with Crippen LogP contribution < -0.4 is 5.56 Å². The molecule has 10 nitrogen and oxygen atoms in total. The van der Waals surface area contributed by atoms with Gasteiger partial charge in [0.05, 0.1) is 13.4 Å². The minimum atomic E-state index is -1.31. The van der Waals surface area contributed by atoms with E-state index in [0.717, 1.165) is 6.26 Å². The molecule has 0 bridgehead atoms. The summed E-state index contributed by atoms with van der Waals surface area (Å²) in [6, 6.07) is 0.